The molecule has 0 unspecified atom stereocenters. The van der Waals surface area contributed by atoms with E-state index in [0.717, 1.165) is 11.3 Å². The molecule has 2 heterocycles. The number of aromatic nitrogens is 1. The number of anilines is 3. The number of nitrogens with one attached hydrogen (secondary N) is 1. The number of ether oxygens (including phenoxy) is 2. The third-order valence-electron chi connectivity index (χ3n) is 4.93. The first-order valence-corrected chi connectivity index (χ1v) is 10.3. The molecule has 0 radical (unpaired) electrons. The Kier molecular flexibility index (Phi) is 5.54. The summed E-state index contributed by atoms with van der Waals surface area (Å²) >= 11 is 1.12. The number of nitrogens with zero attached hydrogens (tertiary/aromatic N) is 2. The molecule has 2 aromatic heterocycles. The fourth-order valence-corrected chi connectivity index (χ4v) is 4.45. The normalized spacial score (nSPS) is 10.5. The number of benzene rings is 2. The van der Waals surface area contributed by atoms with Crippen molar-refractivity contribution in [3.63, 3.8) is 0 Å². The molecule has 1 amide bonds. The Bertz CT molecular complexity index is 1380. The van der Waals surface area contributed by atoms with Crippen molar-refractivity contribution in [1.29, 1.82) is 5.26 Å². The number of thiophene rings is 1. The van der Waals surface area contributed by atoms with Gasteiger partial charge >= 0.3 is 0 Å². The Labute approximate surface area is 188 Å². The largest absolute Gasteiger partial charge is 0.493 e. The van der Waals surface area contributed by atoms with Gasteiger partial charge in [-0.1, -0.05) is 24.3 Å². The number of amides is 1. The molecule has 4 aromatic rings. The van der Waals surface area contributed by atoms with Crippen molar-refractivity contribution in [2.75, 3.05) is 31.0 Å². The molecule has 0 spiro atoms. The van der Waals surface area contributed by atoms with Crippen molar-refractivity contribution in [2.45, 2.75) is 0 Å². The molecule has 0 fully saturated rings. The van der Waals surface area contributed by atoms with E-state index in [-0.39, 0.29) is 27.9 Å². The molecule has 0 atom stereocenters. The molecule has 4 rings (SSSR count). The molecule has 0 saturated carbocycles. The van der Waals surface area contributed by atoms with Gasteiger partial charge in [-0.25, -0.2) is 4.98 Å². The van der Waals surface area contributed by atoms with Gasteiger partial charge in [0.1, 0.15) is 27.2 Å². The third kappa shape index (κ3) is 3.53. The van der Waals surface area contributed by atoms with Crippen LogP contribution in [0, 0.1) is 11.3 Å². The molecule has 32 heavy (non-hydrogen) atoms. The Morgan fingerprint density at radius 1 is 1.09 bits per heavy atom. The number of nitriles is 1. The van der Waals surface area contributed by atoms with Crippen LogP contribution in [0.3, 0.4) is 0 Å². The van der Waals surface area contributed by atoms with Crippen LogP contribution in [-0.4, -0.2) is 25.1 Å². The second-order valence-electron chi connectivity index (χ2n) is 6.77. The van der Waals surface area contributed by atoms with Gasteiger partial charge in [0.2, 0.25) is 0 Å². The highest BCUT2D eigenvalue weighted by Gasteiger charge is 2.25. The first kappa shape index (κ1) is 21.0. The molecule has 5 N–H and O–H groups in total. The molecule has 0 aliphatic heterocycles. The van der Waals surface area contributed by atoms with Crippen LogP contribution >= 0.6 is 11.3 Å². The summed E-state index contributed by atoms with van der Waals surface area (Å²) in [6.45, 7) is 0. The zero-order chi connectivity index (χ0) is 22.8. The first-order chi connectivity index (χ1) is 15.5. The molecule has 0 bridgehead atoms. The minimum Gasteiger partial charge on any atom is -0.493 e. The molecule has 0 aliphatic rings. The van der Waals surface area contributed by atoms with Crippen LogP contribution in [0.1, 0.15) is 15.2 Å². The Balaban J connectivity index is 1.93. The van der Waals surface area contributed by atoms with E-state index in [4.69, 9.17) is 20.9 Å². The maximum atomic E-state index is 12.9. The van der Waals surface area contributed by atoms with E-state index in [1.165, 1.54) is 14.2 Å². The maximum Gasteiger partial charge on any atom is 0.267 e. The maximum absolute atomic E-state index is 12.9. The van der Waals surface area contributed by atoms with Crippen LogP contribution in [-0.2, 0) is 0 Å². The number of nitrogen functional groups attached to an aromatic ring is 2. The third-order valence-corrected chi connectivity index (χ3v) is 6.02. The van der Waals surface area contributed by atoms with Gasteiger partial charge < -0.3 is 26.3 Å². The van der Waals surface area contributed by atoms with E-state index in [1.807, 2.05) is 18.2 Å². The van der Waals surface area contributed by atoms with Gasteiger partial charge in [0.05, 0.1) is 19.9 Å². The summed E-state index contributed by atoms with van der Waals surface area (Å²) < 4.78 is 10.7. The number of rotatable bonds is 5. The molecular formula is C23H19N5O3S. The fraction of sp³-hybridized carbons (Fsp3) is 0.0870. The van der Waals surface area contributed by atoms with E-state index < -0.39 is 0 Å². The second-order valence-corrected chi connectivity index (χ2v) is 7.77. The van der Waals surface area contributed by atoms with Crippen LogP contribution in [0.15, 0.2) is 48.5 Å². The summed E-state index contributed by atoms with van der Waals surface area (Å²) in [5.41, 5.74) is 14.7. The van der Waals surface area contributed by atoms with Gasteiger partial charge in [0, 0.05) is 16.6 Å². The van der Waals surface area contributed by atoms with Crippen molar-refractivity contribution in [3.8, 4) is 28.7 Å². The number of hydrogen-bond acceptors (Lipinski definition) is 8. The Morgan fingerprint density at radius 2 is 1.81 bits per heavy atom. The molecule has 160 valence electrons. The van der Waals surface area contributed by atoms with E-state index in [1.54, 1.807) is 30.3 Å². The van der Waals surface area contributed by atoms with Gasteiger partial charge in [-0.15, -0.1) is 11.3 Å². The SMILES string of the molecule is COc1ccc(-c2c(C#N)c(N)nc3sc(C(=O)Nc4ccccc4)c(N)c23)cc1OC. The molecule has 2 aromatic carbocycles. The number of methoxy groups -OCH3 is 2. The molecule has 0 aliphatic carbocycles. The van der Waals surface area contributed by atoms with Crippen LogP contribution in [0.25, 0.3) is 21.3 Å². The van der Waals surface area contributed by atoms with Crippen LogP contribution < -0.4 is 26.3 Å². The van der Waals surface area contributed by atoms with Crippen molar-refractivity contribution >= 4 is 44.7 Å². The van der Waals surface area contributed by atoms with E-state index in [0.29, 0.717) is 38.5 Å². The van der Waals surface area contributed by atoms with Crippen LogP contribution in [0.5, 0.6) is 11.5 Å². The predicted octanol–water partition coefficient (Wildman–Crippen LogP) is 4.27. The number of nitrogens with two attached hydrogens (primary N) is 2. The number of pyridine rings is 1. The van der Waals surface area contributed by atoms with Gasteiger partial charge in [-0.05, 0) is 29.8 Å². The van der Waals surface area contributed by atoms with E-state index in [2.05, 4.69) is 16.4 Å². The van der Waals surface area contributed by atoms with Crippen molar-refractivity contribution in [2.24, 2.45) is 0 Å². The van der Waals surface area contributed by atoms with Crippen molar-refractivity contribution in [3.05, 3.63) is 59.0 Å². The summed E-state index contributed by atoms with van der Waals surface area (Å²) in [5.74, 6) is 0.704. The van der Waals surface area contributed by atoms with Crippen molar-refractivity contribution in [1.82, 2.24) is 4.98 Å². The summed E-state index contributed by atoms with van der Waals surface area (Å²) in [5, 5.41) is 13.1. The topological polar surface area (TPSA) is 136 Å². The van der Waals surface area contributed by atoms with Gasteiger partial charge in [0.25, 0.3) is 5.91 Å². The number of para-hydroxylation sites is 1. The van der Waals surface area contributed by atoms with Crippen molar-refractivity contribution < 1.29 is 14.3 Å². The summed E-state index contributed by atoms with van der Waals surface area (Å²) in [6, 6.07) is 16.4. The first-order valence-electron chi connectivity index (χ1n) is 9.48. The minimum absolute atomic E-state index is 0.0565. The minimum atomic E-state index is -0.368. The highest BCUT2D eigenvalue weighted by atomic mass is 32.1. The smallest absolute Gasteiger partial charge is 0.267 e. The van der Waals surface area contributed by atoms with Crippen LogP contribution in [0.2, 0.25) is 0 Å². The zero-order valence-electron chi connectivity index (χ0n) is 17.3. The Hall–Kier alpha value is -4.29. The lowest BCUT2D eigenvalue weighted by Crippen LogP contribution is -2.11. The highest BCUT2D eigenvalue weighted by Crippen LogP contribution is 2.44. The van der Waals surface area contributed by atoms with Gasteiger partial charge in [0.15, 0.2) is 11.5 Å². The lowest BCUT2D eigenvalue weighted by molar-refractivity contribution is 0.103. The predicted molar refractivity (Wildman–Crippen MR) is 126 cm³/mol. The number of fused-ring (bicyclic) bond motifs is 1. The highest BCUT2D eigenvalue weighted by molar-refractivity contribution is 7.21. The molecule has 8 nitrogen and oxygen atoms in total. The molecule has 9 heteroatoms. The summed E-state index contributed by atoms with van der Waals surface area (Å²) in [7, 11) is 3.06. The molecular weight excluding hydrogens is 426 g/mol. The number of hydrogen-bond donors (Lipinski definition) is 3. The zero-order valence-corrected chi connectivity index (χ0v) is 18.1. The van der Waals surface area contributed by atoms with Gasteiger partial charge in [-0.2, -0.15) is 5.26 Å². The Morgan fingerprint density at radius 3 is 2.47 bits per heavy atom. The second kappa shape index (κ2) is 8.45. The van der Waals surface area contributed by atoms with E-state index in [9.17, 15) is 10.1 Å². The van der Waals surface area contributed by atoms with Crippen LogP contribution in [0.4, 0.5) is 17.2 Å². The number of carbonyl (C=O) groups is 1. The lowest BCUT2D eigenvalue weighted by atomic mass is 9.97. The summed E-state index contributed by atoms with van der Waals surface area (Å²) in [4.78, 5) is 18.0. The number of carbonyl (C=O) groups excluding carboxylic acids is 1. The molecule has 0 saturated heterocycles. The average Bonchev–Trinajstić information content (AvgIpc) is 3.14. The summed E-state index contributed by atoms with van der Waals surface area (Å²) in [6.07, 6.45) is 0. The quantitative estimate of drug-likeness (QED) is 0.417. The standard InChI is InChI=1S/C23H19N5O3S/c1-30-15-9-8-12(10-16(15)31-2)17-14(11-24)21(26)28-23-18(17)19(25)20(32-23)22(29)27-13-6-4-3-5-7-13/h3-10H,25H2,1-2H3,(H2,26,28)(H,27,29). The lowest BCUT2D eigenvalue weighted by Gasteiger charge is -2.13. The fourth-order valence-electron chi connectivity index (χ4n) is 3.44. The average molecular weight is 446 g/mol. The van der Waals surface area contributed by atoms with E-state index >= 15 is 0 Å². The van der Waals surface area contributed by atoms with Gasteiger partial charge in [-0.3, -0.25) is 4.79 Å². The monoisotopic (exact) mass is 445 g/mol.